The Morgan fingerprint density at radius 3 is 2.74 bits per heavy atom. The van der Waals surface area contributed by atoms with Gasteiger partial charge in [0.05, 0.1) is 17.6 Å². The lowest BCUT2D eigenvalue weighted by molar-refractivity contribution is 0.333. The Morgan fingerprint density at radius 1 is 1.00 bits per heavy atom. The molecule has 0 bridgehead atoms. The molecule has 2 aliphatic rings. The quantitative estimate of drug-likeness (QED) is 0.699. The van der Waals surface area contributed by atoms with Gasteiger partial charge in [0, 0.05) is 36.5 Å². The van der Waals surface area contributed by atoms with E-state index in [0.717, 1.165) is 55.3 Å². The molecule has 0 saturated carbocycles. The standard InChI is InChI=1S/C22H23N5/c1-16-12-23-14-19(25-16)27-11-5-9-22(15-27)10-8-18-13-24-21(26-20(18)22)17-6-3-2-4-7-17/h2-4,6-7,12-14H,5,8-11,15H2,1H3. The highest BCUT2D eigenvalue weighted by atomic mass is 15.2. The van der Waals surface area contributed by atoms with Crippen molar-refractivity contribution in [3.05, 3.63) is 65.9 Å². The van der Waals surface area contributed by atoms with Crippen LogP contribution in [-0.4, -0.2) is 33.0 Å². The summed E-state index contributed by atoms with van der Waals surface area (Å²) < 4.78 is 0. The third-order valence-corrected chi connectivity index (χ3v) is 5.91. The molecule has 136 valence electrons. The molecular weight excluding hydrogens is 334 g/mol. The van der Waals surface area contributed by atoms with Crippen molar-refractivity contribution in [2.24, 2.45) is 0 Å². The van der Waals surface area contributed by atoms with Gasteiger partial charge in [-0.2, -0.15) is 0 Å². The highest BCUT2D eigenvalue weighted by Gasteiger charge is 2.44. The van der Waals surface area contributed by atoms with Gasteiger partial charge < -0.3 is 4.90 Å². The number of anilines is 1. The summed E-state index contributed by atoms with van der Waals surface area (Å²) in [6.45, 7) is 4.00. The molecule has 1 aromatic carbocycles. The van der Waals surface area contributed by atoms with E-state index in [1.165, 1.54) is 17.7 Å². The minimum atomic E-state index is 0.103. The Bertz CT molecular complexity index is 967. The van der Waals surface area contributed by atoms with Crippen LogP contribution in [0.1, 0.15) is 36.2 Å². The summed E-state index contributed by atoms with van der Waals surface area (Å²) in [6, 6.07) is 10.3. The SMILES string of the molecule is Cc1cncc(N2CCCC3(CCc4cnc(-c5ccccc5)nc43)C2)n1. The topological polar surface area (TPSA) is 54.8 Å². The van der Waals surface area contributed by atoms with Crippen molar-refractivity contribution in [1.82, 2.24) is 19.9 Å². The predicted octanol–water partition coefficient (Wildman–Crippen LogP) is 3.73. The van der Waals surface area contributed by atoms with E-state index in [4.69, 9.17) is 9.97 Å². The van der Waals surface area contributed by atoms with Gasteiger partial charge in [-0.3, -0.25) is 4.98 Å². The molecule has 1 atom stereocenters. The van der Waals surface area contributed by atoms with Crippen LogP contribution in [-0.2, 0) is 11.8 Å². The fourth-order valence-corrected chi connectivity index (χ4v) is 4.59. The summed E-state index contributed by atoms with van der Waals surface area (Å²) in [4.78, 5) is 21.2. The number of nitrogens with zero attached hydrogens (tertiary/aromatic N) is 5. The van der Waals surface area contributed by atoms with E-state index >= 15 is 0 Å². The van der Waals surface area contributed by atoms with Crippen LogP contribution in [0.3, 0.4) is 0 Å². The lowest BCUT2D eigenvalue weighted by Gasteiger charge is -2.41. The predicted molar refractivity (Wildman–Crippen MR) is 106 cm³/mol. The van der Waals surface area contributed by atoms with Crippen LogP contribution in [0.15, 0.2) is 48.9 Å². The van der Waals surface area contributed by atoms with Crippen molar-refractivity contribution >= 4 is 5.82 Å². The van der Waals surface area contributed by atoms with Gasteiger partial charge in [-0.1, -0.05) is 30.3 Å². The van der Waals surface area contributed by atoms with Gasteiger partial charge in [-0.25, -0.2) is 15.0 Å². The van der Waals surface area contributed by atoms with Crippen LogP contribution >= 0.6 is 0 Å². The Labute approximate surface area is 159 Å². The molecule has 1 saturated heterocycles. The van der Waals surface area contributed by atoms with Gasteiger partial charge in [0.2, 0.25) is 0 Å². The molecule has 0 N–H and O–H groups in total. The summed E-state index contributed by atoms with van der Waals surface area (Å²) in [5, 5.41) is 0. The molecule has 1 aliphatic carbocycles. The molecule has 5 nitrogen and oxygen atoms in total. The van der Waals surface area contributed by atoms with E-state index < -0.39 is 0 Å². The second-order valence-corrected chi connectivity index (χ2v) is 7.76. The maximum Gasteiger partial charge on any atom is 0.159 e. The summed E-state index contributed by atoms with van der Waals surface area (Å²) in [7, 11) is 0. The maximum atomic E-state index is 5.07. The molecule has 2 aromatic heterocycles. The fourth-order valence-electron chi connectivity index (χ4n) is 4.59. The Morgan fingerprint density at radius 2 is 1.89 bits per heavy atom. The van der Waals surface area contributed by atoms with Crippen molar-refractivity contribution in [3.8, 4) is 11.4 Å². The third kappa shape index (κ3) is 2.87. The van der Waals surface area contributed by atoms with Crippen molar-refractivity contribution in [2.45, 2.75) is 38.0 Å². The van der Waals surface area contributed by atoms with Gasteiger partial charge in [-0.15, -0.1) is 0 Å². The van der Waals surface area contributed by atoms with Crippen LogP contribution in [0, 0.1) is 6.92 Å². The average Bonchev–Trinajstić information content (AvgIpc) is 3.06. The number of rotatable bonds is 2. The molecule has 1 spiro atoms. The van der Waals surface area contributed by atoms with Gasteiger partial charge in [0.1, 0.15) is 5.82 Å². The average molecular weight is 357 g/mol. The first-order valence-electron chi connectivity index (χ1n) is 9.69. The van der Waals surface area contributed by atoms with Crippen molar-refractivity contribution in [1.29, 1.82) is 0 Å². The second kappa shape index (κ2) is 6.41. The number of hydrogen-bond acceptors (Lipinski definition) is 5. The molecule has 1 aliphatic heterocycles. The molecule has 5 heteroatoms. The molecule has 27 heavy (non-hydrogen) atoms. The zero-order valence-electron chi connectivity index (χ0n) is 15.6. The Kier molecular flexibility index (Phi) is 3.88. The number of aryl methyl sites for hydroxylation is 2. The first-order valence-corrected chi connectivity index (χ1v) is 9.69. The molecule has 3 heterocycles. The second-order valence-electron chi connectivity index (χ2n) is 7.76. The minimum absolute atomic E-state index is 0.103. The van der Waals surface area contributed by atoms with E-state index in [-0.39, 0.29) is 5.41 Å². The van der Waals surface area contributed by atoms with Gasteiger partial charge in [0.25, 0.3) is 0 Å². The van der Waals surface area contributed by atoms with Crippen molar-refractivity contribution in [3.63, 3.8) is 0 Å². The zero-order chi connectivity index (χ0) is 18.3. The number of aromatic nitrogens is 4. The fraction of sp³-hybridized carbons (Fsp3) is 0.364. The number of piperidine rings is 1. The summed E-state index contributed by atoms with van der Waals surface area (Å²) >= 11 is 0. The van der Waals surface area contributed by atoms with E-state index in [0.29, 0.717) is 0 Å². The number of benzene rings is 1. The lowest BCUT2D eigenvalue weighted by Crippen LogP contribution is -2.46. The zero-order valence-corrected chi connectivity index (χ0v) is 15.6. The first kappa shape index (κ1) is 16.4. The van der Waals surface area contributed by atoms with E-state index in [9.17, 15) is 0 Å². The highest BCUT2D eigenvalue weighted by molar-refractivity contribution is 5.56. The smallest absolute Gasteiger partial charge is 0.159 e. The number of hydrogen-bond donors (Lipinski definition) is 0. The van der Waals surface area contributed by atoms with Crippen LogP contribution in [0.4, 0.5) is 5.82 Å². The molecule has 3 aromatic rings. The minimum Gasteiger partial charge on any atom is -0.354 e. The van der Waals surface area contributed by atoms with Crippen molar-refractivity contribution < 1.29 is 0 Å². The maximum absolute atomic E-state index is 5.07. The molecule has 1 unspecified atom stereocenters. The molecule has 5 rings (SSSR count). The Hall–Kier alpha value is -2.82. The lowest BCUT2D eigenvalue weighted by atomic mass is 9.77. The summed E-state index contributed by atoms with van der Waals surface area (Å²) in [5.74, 6) is 1.82. The van der Waals surface area contributed by atoms with Crippen LogP contribution in [0.25, 0.3) is 11.4 Å². The largest absolute Gasteiger partial charge is 0.354 e. The molecular formula is C22H23N5. The van der Waals surface area contributed by atoms with Gasteiger partial charge in [0.15, 0.2) is 5.82 Å². The van der Waals surface area contributed by atoms with Gasteiger partial charge >= 0.3 is 0 Å². The van der Waals surface area contributed by atoms with Crippen molar-refractivity contribution in [2.75, 3.05) is 18.0 Å². The molecule has 1 fully saturated rings. The van der Waals surface area contributed by atoms with Crippen LogP contribution in [0.5, 0.6) is 0 Å². The summed E-state index contributed by atoms with van der Waals surface area (Å²) in [5.41, 5.74) is 4.71. The monoisotopic (exact) mass is 357 g/mol. The van der Waals surface area contributed by atoms with Crippen LogP contribution in [0.2, 0.25) is 0 Å². The molecule has 0 radical (unpaired) electrons. The third-order valence-electron chi connectivity index (χ3n) is 5.91. The normalized spacial score (nSPS) is 21.4. The Balaban J connectivity index is 1.51. The summed E-state index contributed by atoms with van der Waals surface area (Å²) in [6.07, 6.45) is 10.3. The van der Waals surface area contributed by atoms with E-state index in [1.54, 1.807) is 0 Å². The molecule has 0 amide bonds. The first-order chi connectivity index (χ1) is 13.2. The number of fused-ring (bicyclic) bond motifs is 2. The van der Waals surface area contributed by atoms with E-state index in [1.807, 2.05) is 43.7 Å². The van der Waals surface area contributed by atoms with E-state index in [2.05, 4.69) is 27.0 Å². The van der Waals surface area contributed by atoms with Crippen LogP contribution < -0.4 is 4.90 Å². The van der Waals surface area contributed by atoms with Gasteiger partial charge in [-0.05, 0) is 38.2 Å². The highest BCUT2D eigenvalue weighted by Crippen LogP contribution is 2.44.